The van der Waals surface area contributed by atoms with Crippen molar-refractivity contribution in [2.45, 2.75) is 20.8 Å². The van der Waals surface area contributed by atoms with E-state index in [-0.39, 0.29) is 17.4 Å². The maximum absolute atomic E-state index is 4.83. The van der Waals surface area contributed by atoms with Gasteiger partial charge in [0.05, 0.1) is 0 Å². The van der Waals surface area contributed by atoms with Gasteiger partial charge in [-0.2, -0.15) is 0 Å². The van der Waals surface area contributed by atoms with Crippen LogP contribution in [0.15, 0.2) is 0 Å². The van der Waals surface area contributed by atoms with Crippen LogP contribution in [0.25, 0.3) is 0 Å². The van der Waals surface area contributed by atoms with E-state index >= 15 is 0 Å². The topological polar surface area (TPSA) is 27.7 Å². The van der Waals surface area contributed by atoms with Gasteiger partial charge in [-0.3, -0.25) is 0 Å². The molecule has 0 heterocycles. The first kappa shape index (κ1) is 34.0. The van der Waals surface area contributed by atoms with Gasteiger partial charge >= 0.3 is 17.4 Å². The quantitative estimate of drug-likeness (QED) is 0.188. The Morgan fingerprint density at radius 2 is 0.818 bits per heavy atom. The summed E-state index contributed by atoms with van der Waals surface area (Å²) in [6.07, 6.45) is 0. The minimum absolute atomic E-state index is 0. The largest absolute Gasteiger partial charge is 3.00 e. The second kappa shape index (κ2) is 18.8. The van der Waals surface area contributed by atoms with Crippen molar-refractivity contribution in [1.29, 1.82) is 0 Å². The molecule has 0 bridgehead atoms. The van der Waals surface area contributed by atoms with Crippen molar-refractivity contribution in [2.75, 3.05) is 19.8 Å². The molecule has 132 valence electrons. The second-order valence-electron chi connectivity index (χ2n) is 2.66. The van der Waals surface area contributed by atoms with E-state index in [9.17, 15) is 0 Å². The molecule has 0 fully saturated rings. The SMILES string of the molecule is CCOP(=S)([S-])S.CCOP(=S)([S-])S.CCOP(=S)([S-])S.[Al+3]. The van der Waals surface area contributed by atoms with E-state index in [0.717, 1.165) is 0 Å². The van der Waals surface area contributed by atoms with Crippen molar-refractivity contribution in [3.63, 3.8) is 0 Å². The second-order valence-corrected chi connectivity index (χ2v) is 27.5. The van der Waals surface area contributed by atoms with E-state index in [0.29, 0.717) is 19.8 Å². The predicted octanol–water partition coefficient (Wildman–Crippen LogP) is 4.79. The molecule has 3 nitrogen and oxygen atoms in total. The summed E-state index contributed by atoms with van der Waals surface area (Å²) in [5.74, 6) is 0. The third kappa shape index (κ3) is 49.7. The summed E-state index contributed by atoms with van der Waals surface area (Å²) in [5.41, 5.74) is 0. The molecule has 16 heteroatoms. The van der Waals surface area contributed by atoms with Crippen molar-refractivity contribution >= 4 is 140 Å². The molecule has 0 amide bonds. The van der Waals surface area contributed by atoms with Crippen LogP contribution < -0.4 is 0 Å². The molecule has 0 aliphatic heterocycles. The average Bonchev–Trinajstić information content (AvgIpc) is 2.12. The molecule has 0 rings (SSSR count). The fraction of sp³-hybridized carbons (Fsp3) is 1.00. The van der Waals surface area contributed by atoms with Crippen LogP contribution in [0.5, 0.6) is 0 Å². The molecule has 22 heavy (non-hydrogen) atoms. The Morgan fingerprint density at radius 1 is 0.682 bits per heavy atom. The van der Waals surface area contributed by atoms with Crippen LogP contribution in [0.4, 0.5) is 0 Å². The third-order valence-corrected chi connectivity index (χ3v) is 5.57. The molecule has 0 saturated carbocycles. The summed E-state index contributed by atoms with van der Waals surface area (Å²) < 4.78 is 8.34. The van der Waals surface area contributed by atoms with Crippen molar-refractivity contribution in [3.05, 3.63) is 0 Å². The Morgan fingerprint density at radius 3 is 0.818 bits per heavy atom. The Balaban J connectivity index is -0.000000108. The van der Waals surface area contributed by atoms with E-state index in [2.05, 4.69) is 109 Å². The van der Waals surface area contributed by atoms with Crippen LogP contribution in [-0.2, 0) is 85.7 Å². The Hall–Kier alpha value is 4.46. The van der Waals surface area contributed by atoms with Gasteiger partial charge in [0.1, 0.15) is 0 Å². The molecule has 0 N–H and O–H groups in total. The van der Waals surface area contributed by atoms with Gasteiger partial charge in [0.25, 0.3) is 0 Å². The van der Waals surface area contributed by atoms with Gasteiger partial charge in [0.15, 0.2) is 0 Å². The molecular weight excluding hydrogens is 529 g/mol. The van der Waals surface area contributed by atoms with E-state index in [1.165, 1.54) is 0 Å². The van der Waals surface area contributed by atoms with Crippen LogP contribution in [0, 0.1) is 0 Å². The first-order valence-corrected chi connectivity index (χ1v) is 19.9. The molecular formula is C6H18AlO3P3S9. The third-order valence-electron chi connectivity index (χ3n) is 0.877. The van der Waals surface area contributed by atoms with E-state index in [1.807, 2.05) is 20.8 Å². The summed E-state index contributed by atoms with van der Waals surface area (Å²) >= 11 is 39.5. The standard InChI is InChI=1S/3C2H7OPS3.Al/c3*1-2-3-4(5,6)7;/h3*2H2,1H3,(H2,5,6,7);/q;;;+3/p-3. The van der Waals surface area contributed by atoms with Gasteiger partial charge < -0.3 is 50.3 Å². The van der Waals surface area contributed by atoms with E-state index < -0.39 is 14.0 Å². The molecule has 3 atom stereocenters. The Labute approximate surface area is 192 Å². The molecule has 3 unspecified atom stereocenters. The average molecular weight is 547 g/mol. The Bertz CT molecular complexity index is 324. The zero-order valence-electron chi connectivity index (χ0n) is 12.1. The summed E-state index contributed by atoms with van der Waals surface area (Å²) in [4.78, 5) is 0. The summed E-state index contributed by atoms with van der Waals surface area (Å²) in [6.45, 7) is 7.27. The van der Waals surface area contributed by atoms with E-state index in [4.69, 9.17) is 13.6 Å². The van der Waals surface area contributed by atoms with Crippen molar-refractivity contribution in [2.24, 2.45) is 0 Å². The minimum atomic E-state index is -2.05. The number of hydrogen-bond donors (Lipinski definition) is 3. The molecule has 0 spiro atoms. The van der Waals surface area contributed by atoms with Crippen molar-refractivity contribution in [3.8, 4) is 0 Å². The zero-order valence-corrected chi connectivity index (χ0v) is 23.5. The molecule has 0 aliphatic carbocycles. The number of thiol groups is 3. The molecule has 0 aromatic carbocycles. The van der Waals surface area contributed by atoms with Crippen LogP contribution in [0.1, 0.15) is 20.8 Å². The van der Waals surface area contributed by atoms with Gasteiger partial charge in [-0.05, 0) is 34.8 Å². The smallest absolute Gasteiger partial charge is 0.709 e. The predicted molar refractivity (Wildman–Crippen MR) is 133 cm³/mol. The molecule has 0 aromatic heterocycles. The van der Waals surface area contributed by atoms with Crippen LogP contribution in [0.2, 0.25) is 0 Å². The van der Waals surface area contributed by atoms with Crippen LogP contribution in [0.3, 0.4) is 0 Å². The van der Waals surface area contributed by atoms with Gasteiger partial charge in [-0.25, -0.2) is 0 Å². The van der Waals surface area contributed by atoms with Gasteiger partial charge in [0, 0.05) is 19.8 Å². The van der Waals surface area contributed by atoms with Gasteiger partial charge in [0.2, 0.25) is 0 Å². The fourth-order valence-corrected chi connectivity index (χ4v) is 4.40. The van der Waals surface area contributed by atoms with Crippen molar-refractivity contribution < 1.29 is 13.6 Å². The van der Waals surface area contributed by atoms with Crippen LogP contribution in [-0.4, -0.2) is 37.2 Å². The Kier molecular flexibility index (Phi) is 29.1. The van der Waals surface area contributed by atoms with E-state index in [1.54, 1.807) is 0 Å². The monoisotopic (exact) mass is 546 g/mol. The maximum atomic E-state index is 4.83. The normalized spacial score (nSPS) is 17.9. The fourth-order valence-electron chi connectivity index (χ4n) is 0.489. The van der Waals surface area contributed by atoms with Crippen molar-refractivity contribution in [1.82, 2.24) is 0 Å². The molecule has 0 saturated heterocycles. The molecule has 0 radical (unpaired) electrons. The zero-order chi connectivity index (χ0) is 17.7. The van der Waals surface area contributed by atoms with Gasteiger partial charge in [-0.15, -0.1) is 36.7 Å². The summed E-state index contributed by atoms with van der Waals surface area (Å²) in [5, 5.41) is 0. The summed E-state index contributed by atoms with van der Waals surface area (Å²) in [6, 6.07) is 0. The maximum Gasteiger partial charge on any atom is 3.00 e. The molecule has 0 aromatic rings. The summed E-state index contributed by atoms with van der Waals surface area (Å²) in [7, 11) is 0. The van der Waals surface area contributed by atoms with Crippen LogP contribution >= 0.6 is 50.8 Å². The molecule has 0 aliphatic rings. The minimum Gasteiger partial charge on any atom is -0.709 e. The first-order valence-electron chi connectivity index (χ1n) is 5.23. The first-order chi connectivity index (χ1) is 9.18. The number of hydrogen-bond acceptors (Lipinski definition) is 9. The van der Waals surface area contributed by atoms with Gasteiger partial charge in [-0.1, -0.05) is 35.4 Å². The number of rotatable bonds is 6.